The molecule has 0 unspecified atom stereocenters. The Kier molecular flexibility index (Phi) is 4.93. The first-order valence-electron chi connectivity index (χ1n) is 6.34. The number of carbonyl (C=O) groups excluding carboxylic acids is 2. The van der Waals surface area contributed by atoms with Gasteiger partial charge in [0.2, 0.25) is 0 Å². The Hall–Kier alpha value is -2.82. The minimum absolute atomic E-state index is 0.147. The molecule has 0 aliphatic carbocycles. The molecule has 0 aromatic heterocycles. The third kappa shape index (κ3) is 4.07. The summed E-state index contributed by atoms with van der Waals surface area (Å²) in [5.74, 6) is 0.543. The van der Waals surface area contributed by atoms with E-state index in [0.29, 0.717) is 29.0 Å². The summed E-state index contributed by atoms with van der Waals surface area (Å²) in [6, 6.07) is 13.9. The van der Waals surface area contributed by atoms with Crippen molar-refractivity contribution in [1.29, 1.82) is 0 Å². The molecule has 0 aliphatic heterocycles. The highest BCUT2D eigenvalue weighted by atomic mass is 16.5. The second-order valence-electron chi connectivity index (χ2n) is 4.23. The average Bonchev–Trinajstić information content (AvgIpc) is 2.53. The van der Waals surface area contributed by atoms with E-state index >= 15 is 0 Å². The maximum atomic E-state index is 11.8. The highest BCUT2D eigenvalue weighted by molar-refractivity contribution is 5.91. The Bertz CT molecular complexity index is 625. The molecule has 5 nitrogen and oxygen atoms in total. The SMILES string of the molecule is COc1cc(C=O)ccc1OCC(=O)Nc1ccccc1. The van der Waals surface area contributed by atoms with Crippen LogP contribution >= 0.6 is 0 Å². The van der Waals surface area contributed by atoms with Gasteiger partial charge in [0.15, 0.2) is 18.1 Å². The Labute approximate surface area is 122 Å². The Morgan fingerprint density at radius 1 is 1.14 bits per heavy atom. The molecular weight excluding hydrogens is 270 g/mol. The van der Waals surface area contributed by atoms with Gasteiger partial charge >= 0.3 is 0 Å². The molecule has 0 fully saturated rings. The minimum Gasteiger partial charge on any atom is -0.493 e. The zero-order chi connectivity index (χ0) is 15.1. The number of ether oxygens (including phenoxy) is 2. The van der Waals surface area contributed by atoms with E-state index < -0.39 is 0 Å². The van der Waals surface area contributed by atoms with Crippen LogP contribution in [0.1, 0.15) is 10.4 Å². The number of methoxy groups -OCH3 is 1. The number of carbonyl (C=O) groups is 2. The second kappa shape index (κ2) is 7.09. The first-order chi connectivity index (χ1) is 10.2. The van der Waals surface area contributed by atoms with E-state index in [1.807, 2.05) is 18.2 Å². The molecule has 0 aliphatic rings. The lowest BCUT2D eigenvalue weighted by atomic mass is 10.2. The van der Waals surface area contributed by atoms with Crippen molar-refractivity contribution in [2.45, 2.75) is 0 Å². The zero-order valence-corrected chi connectivity index (χ0v) is 11.5. The van der Waals surface area contributed by atoms with E-state index in [4.69, 9.17) is 9.47 Å². The lowest BCUT2D eigenvalue weighted by molar-refractivity contribution is -0.118. The van der Waals surface area contributed by atoms with Crippen molar-refractivity contribution >= 4 is 17.9 Å². The van der Waals surface area contributed by atoms with Crippen LogP contribution in [0.4, 0.5) is 5.69 Å². The smallest absolute Gasteiger partial charge is 0.262 e. The van der Waals surface area contributed by atoms with Crippen molar-refractivity contribution in [2.24, 2.45) is 0 Å². The summed E-state index contributed by atoms with van der Waals surface area (Å²) < 4.78 is 10.5. The van der Waals surface area contributed by atoms with Gasteiger partial charge in [-0.05, 0) is 30.3 Å². The fraction of sp³-hybridized carbons (Fsp3) is 0.125. The number of aldehydes is 1. The number of para-hydroxylation sites is 1. The number of anilines is 1. The molecule has 1 amide bonds. The predicted octanol–water partition coefficient (Wildman–Crippen LogP) is 2.53. The van der Waals surface area contributed by atoms with Crippen molar-refractivity contribution in [3.8, 4) is 11.5 Å². The lowest BCUT2D eigenvalue weighted by Crippen LogP contribution is -2.20. The summed E-state index contributed by atoms with van der Waals surface area (Å²) >= 11 is 0. The summed E-state index contributed by atoms with van der Waals surface area (Å²) in [7, 11) is 1.47. The van der Waals surface area contributed by atoms with Gasteiger partial charge in [0.05, 0.1) is 7.11 Å². The van der Waals surface area contributed by atoms with Crippen molar-refractivity contribution in [1.82, 2.24) is 0 Å². The molecule has 0 bridgehead atoms. The summed E-state index contributed by atoms with van der Waals surface area (Å²) in [4.78, 5) is 22.5. The number of nitrogens with one attached hydrogen (secondary N) is 1. The molecule has 0 radical (unpaired) electrons. The van der Waals surface area contributed by atoms with Crippen molar-refractivity contribution in [3.63, 3.8) is 0 Å². The van der Waals surface area contributed by atoms with Gasteiger partial charge in [-0.3, -0.25) is 9.59 Å². The summed E-state index contributed by atoms with van der Waals surface area (Å²) in [5.41, 5.74) is 1.18. The quantitative estimate of drug-likeness (QED) is 0.828. The Balaban J connectivity index is 1.96. The van der Waals surface area contributed by atoms with Crippen LogP contribution < -0.4 is 14.8 Å². The van der Waals surface area contributed by atoms with Crippen molar-refractivity contribution < 1.29 is 19.1 Å². The highest BCUT2D eigenvalue weighted by Gasteiger charge is 2.08. The molecule has 0 saturated heterocycles. The van der Waals surface area contributed by atoms with Gasteiger partial charge in [0.25, 0.3) is 5.91 Å². The molecule has 0 heterocycles. The Morgan fingerprint density at radius 3 is 2.57 bits per heavy atom. The summed E-state index contributed by atoms with van der Waals surface area (Å²) in [5, 5.41) is 2.71. The number of hydrogen-bond donors (Lipinski definition) is 1. The van der Waals surface area contributed by atoms with Gasteiger partial charge in [-0.2, -0.15) is 0 Å². The van der Waals surface area contributed by atoms with Gasteiger partial charge < -0.3 is 14.8 Å². The van der Waals surface area contributed by atoms with Crippen LogP contribution in [0.25, 0.3) is 0 Å². The van der Waals surface area contributed by atoms with Crippen LogP contribution in [0, 0.1) is 0 Å². The normalized spacial score (nSPS) is 9.76. The molecule has 2 aromatic rings. The molecule has 21 heavy (non-hydrogen) atoms. The fourth-order valence-corrected chi connectivity index (χ4v) is 1.74. The van der Waals surface area contributed by atoms with E-state index in [9.17, 15) is 9.59 Å². The maximum absolute atomic E-state index is 11.8. The monoisotopic (exact) mass is 285 g/mol. The average molecular weight is 285 g/mol. The largest absolute Gasteiger partial charge is 0.493 e. The minimum atomic E-state index is -0.275. The maximum Gasteiger partial charge on any atom is 0.262 e. The zero-order valence-electron chi connectivity index (χ0n) is 11.5. The molecule has 1 N–H and O–H groups in total. The third-order valence-electron chi connectivity index (χ3n) is 2.74. The standard InChI is InChI=1S/C16H15NO4/c1-20-15-9-12(10-18)7-8-14(15)21-11-16(19)17-13-5-3-2-4-6-13/h2-10H,11H2,1H3,(H,17,19). The number of hydrogen-bond acceptors (Lipinski definition) is 4. The van der Waals surface area contributed by atoms with Gasteiger partial charge in [0.1, 0.15) is 6.29 Å². The van der Waals surface area contributed by atoms with Gasteiger partial charge in [0, 0.05) is 11.3 Å². The molecular formula is C16H15NO4. The predicted molar refractivity (Wildman–Crippen MR) is 78.9 cm³/mol. The van der Waals surface area contributed by atoms with Crippen molar-refractivity contribution in [3.05, 3.63) is 54.1 Å². The summed E-state index contributed by atoms with van der Waals surface area (Å²) in [6.45, 7) is -0.147. The van der Waals surface area contributed by atoms with Crippen molar-refractivity contribution in [2.75, 3.05) is 19.0 Å². The van der Waals surface area contributed by atoms with Crippen LogP contribution in [-0.4, -0.2) is 25.9 Å². The van der Waals surface area contributed by atoms with Gasteiger partial charge in [-0.1, -0.05) is 18.2 Å². The molecule has 2 rings (SSSR count). The third-order valence-corrected chi connectivity index (χ3v) is 2.74. The second-order valence-corrected chi connectivity index (χ2v) is 4.23. The Morgan fingerprint density at radius 2 is 1.90 bits per heavy atom. The molecule has 5 heteroatoms. The molecule has 0 saturated carbocycles. The highest BCUT2D eigenvalue weighted by Crippen LogP contribution is 2.27. The van der Waals surface area contributed by atoms with Crippen LogP contribution in [0.3, 0.4) is 0 Å². The van der Waals surface area contributed by atoms with Gasteiger partial charge in [-0.25, -0.2) is 0 Å². The fourth-order valence-electron chi connectivity index (χ4n) is 1.74. The van der Waals surface area contributed by atoms with E-state index in [-0.39, 0.29) is 12.5 Å². The van der Waals surface area contributed by atoms with E-state index in [0.717, 1.165) is 0 Å². The lowest BCUT2D eigenvalue weighted by Gasteiger charge is -2.11. The number of rotatable bonds is 6. The van der Waals surface area contributed by atoms with Gasteiger partial charge in [-0.15, -0.1) is 0 Å². The summed E-state index contributed by atoms with van der Waals surface area (Å²) in [6.07, 6.45) is 0.717. The molecule has 2 aromatic carbocycles. The first kappa shape index (κ1) is 14.6. The molecule has 0 spiro atoms. The van der Waals surface area contributed by atoms with E-state index in [1.54, 1.807) is 30.3 Å². The molecule has 108 valence electrons. The van der Waals surface area contributed by atoms with E-state index in [1.165, 1.54) is 7.11 Å². The van der Waals surface area contributed by atoms with E-state index in [2.05, 4.69) is 5.32 Å². The van der Waals surface area contributed by atoms with Crippen LogP contribution in [-0.2, 0) is 4.79 Å². The number of amides is 1. The molecule has 0 atom stereocenters. The van der Waals surface area contributed by atoms with Crippen LogP contribution in [0.15, 0.2) is 48.5 Å². The first-order valence-corrected chi connectivity index (χ1v) is 6.34. The topological polar surface area (TPSA) is 64.6 Å². The number of benzene rings is 2. The van der Waals surface area contributed by atoms with Crippen LogP contribution in [0.2, 0.25) is 0 Å². The van der Waals surface area contributed by atoms with Crippen LogP contribution in [0.5, 0.6) is 11.5 Å².